The summed E-state index contributed by atoms with van der Waals surface area (Å²) < 4.78 is 34.0. The highest BCUT2D eigenvalue weighted by atomic mass is 19.2. The molecule has 0 aliphatic heterocycles. The summed E-state index contributed by atoms with van der Waals surface area (Å²) in [7, 11) is 0. The molecule has 190 valence electrons. The molecule has 36 heavy (non-hydrogen) atoms. The molecule has 0 spiro atoms. The second-order valence-corrected chi connectivity index (χ2v) is 9.94. The molecule has 0 saturated heterocycles. The van der Waals surface area contributed by atoms with Gasteiger partial charge in [-0.25, -0.2) is 4.39 Å². The summed E-state index contributed by atoms with van der Waals surface area (Å²) >= 11 is 0. The number of rotatable bonds is 10. The fourth-order valence-corrected chi connectivity index (χ4v) is 5.30. The first-order valence-corrected chi connectivity index (χ1v) is 13.5. The molecular formula is C33H38F2O. The van der Waals surface area contributed by atoms with E-state index in [1.165, 1.54) is 54.9 Å². The zero-order valence-electron chi connectivity index (χ0n) is 21.6. The van der Waals surface area contributed by atoms with Gasteiger partial charge in [-0.1, -0.05) is 74.0 Å². The Morgan fingerprint density at radius 3 is 2.08 bits per heavy atom. The van der Waals surface area contributed by atoms with Gasteiger partial charge in [0, 0.05) is 5.56 Å². The molecule has 0 heterocycles. The molecule has 1 aliphatic carbocycles. The van der Waals surface area contributed by atoms with Gasteiger partial charge in [-0.2, -0.15) is 4.39 Å². The number of hydrogen-bond donors (Lipinski definition) is 0. The molecule has 1 saturated carbocycles. The summed E-state index contributed by atoms with van der Waals surface area (Å²) in [4.78, 5) is 0. The van der Waals surface area contributed by atoms with Crippen LogP contribution in [0.5, 0.6) is 5.75 Å². The Hall–Kier alpha value is -2.94. The van der Waals surface area contributed by atoms with E-state index < -0.39 is 11.6 Å². The fourth-order valence-electron chi connectivity index (χ4n) is 5.30. The maximum atomic E-state index is 14.6. The Balaban J connectivity index is 1.26. The van der Waals surface area contributed by atoms with Crippen LogP contribution in [0, 0.1) is 17.6 Å². The summed E-state index contributed by atoms with van der Waals surface area (Å²) in [5, 5.41) is 0. The molecule has 3 heteroatoms. The van der Waals surface area contributed by atoms with Crippen LogP contribution in [0.25, 0.3) is 11.1 Å². The Bertz CT molecular complexity index is 1120. The van der Waals surface area contributed by atoms with Crippen LogP contribution in [-0.2, 0) is 12.8 Å². The van der Waals surface area contributed by atoms with Gasteiger partial charge in [0.2, 0.25) is 5.82 Å². The van der Waals surface area contributed by atoms with Crippen LogP contribution < -0.4 is 4.74 Å². The molecule has 0 radical (unpaired) electrons. The lowest BCUT2D eigenvalue weighted by Gasteiger charge is -2.27. The minimum absolute atomic E-state index is 0.0396. The first-order chi connectivity index (χ1) is 17.6. The fraction of sp³-hybridized carbons (Fsp3) is 0.394. The van der Waals surface area contributed by atoms with Crippen LogP contribution in [-0.4, -0.2) is 6.61 Å². The lowest BCUT2D eigenvalue weighted by Crippen LogP contribution is -2.11. The zero-order chi connectivity index (χ0) is 25.3. The molecule has 3 aromatic rings. The van der Waals surface area contributed by atoms with E-state index in [9.17, 15) is 8.78 Å². The van der Waals surface area contributed by atoms with E-state index in [-0.39, 0.29) is 11.3 Å². The summed E-state index contributed by atoms with van der Waals surface area (Å²) in [6.07, 6.45) is 14.1. The molecule has 0 amide bonds. The van der Waals surface area contributed by atoms with Crippen LogP contribution in [0.4, 0.5) is 8.78 Å². The van der Waals surface area contributed by atoms with Crippen LogP contribution >= 0.6 is 0 Å². The average Bonchev–Trinajstić information content (AvgIpc) is 2.91. The van der Waals surface area contributed by atoms with Crippen molar-refractivity contribution in [1.82, 2.24) is 0 Å². The van der Waals surface area contributed by atoms with Crippen LogP contribution in [0.2, 0.25) is 0 Å². The van der Waals surface area contributed by atoms with Crippen LogP contribution in [0.1, 0.15) is 75.0 Å². The standard InChI is InChI=1S/C33H38F2O/c1-3-7-24-10-12-25(13-11-24)8-5-6-9-26-14-16-27(17-15-26)28-18-20-29(21-19-28)30-22-23-31(36-4-2)33(35)32(30)34/h6,9-13,18-23,26-27H,3-5,7-8,14-17H2,1-2H3/t26-,27-. The Morgan fingerprint density at radius 2 is 1.44 bits per heavy atom. The van der Waals surface area contributed by atoms with E-state index in [0.29, 0.717) is 24.0 Å². The molecule has 0 bridgehead atoms. The van der Waals surface area contributed by atoms with Crippen molar-refractivity contribution in [1.29, 1.82) is 0 Å². The summed E-state index contributed by atoms with van der Waals surface area (Å²) in [6, 6.07) is 20.2. The topological polar surface area (TPSA) is 9.23 Å². The van der Waals surface area contributed by atoms with E-state index >= 15 is 0 Å². The van der Waals surface area contributed by atoms with Crippen molar-refractivity contribution in [3.8, 4) is 16.9 Å². The molecule has 0 aromatic heterocycles. The van der Waals surface area contributed by atoms with Gasteiger partial charge in [0.05, 0.1) is 6.61 Å². The minimum atomic E-state index is -0.922. The summed E-state index contributed by atoms with van der Waals surface area (Å²) in [5.74, 6) is -0.618. The normalized spacial score (nSPS) is 18.0. The van der Waals surface area contributed by atoms with Crippen molar-refractivity contribution >= 4 is 0 Å². The van der Waals surface area contributed by atoms with Gasteiger partial charge in [0.15, 0.2) is 11.6 Å². The van der Waals surface area contributed by atoms with E-state index in [1.54, 1.807) is 13.0 Å². The van der Waals surface area contributed by atoms with Crippen molar-refractivity contribution in [3.63, 3.8) is 0 Å². The van der Waals surface area contributed by atoms with Crippen LogP contribution in [0.15, 0.2) is 72.8 Å². The number of benzene rings is 3. The highest BCUT2D eigenvalue weighted by molar-refractivity contribution is 5.65. The van der Waals surface area contributed by atoms with Crippen molar-refractivity contribution in [2.75, 3.05) is 6.61 Å². The number of ether oxygens (including phenoxy) is 1. The first-order valence-electron chi connectivity index (χ1n) is 13.5. The second-order valence-electron chi connectivity index (χ2n) is 9.94. The number of aryl methyl sites for hydroxylation is 2. The molecule has 4 rings (SSSR count). The SMILES string of the molecule is CCCc1ccc(CCC=C[C@H]2CC[C@H](c3ccc(-c4ccc(OCC)c(F)c4F)cc3)CC2)cc1. The highest BCUT2D eigenvalue weighted by Gasteiger charge is 2.21. The monoisotopic (exact) mass is 488 g/mol. The van der Waals surface area contributed by atoms with E-state index in [1.807, 2.05) is 12.1 Å². The smallest absolute Gasteiger partial charge is 0.201 e. The van der Waals surface area contributed by atoms with Gasteiger partial charge in [0.25, 0.3) is 0 Å². The van der Waals surface area contributed by atoms with E-state index in [2.05, 4.69) is 55.5 Å². The van der Waals surface area contributed by atoms with Crippen molar-refractivity contribution in [3.05, 3.63) is 101 Å². The molecular weight excluding hydrogens is 450 g/mol. The van der Waals surface area contributed by atoms with Gasteiger partial charge in [-0.15, -0.1) is 0 Å². The maximum absolute atomic E-state index is 14.6. The molecule has 1 fully saturated rings. The molecule has 0 atom stereocenters. The molecule has 1 aliphatic rings. The average molecular weight is 489 g/mol. The number of halogens is 2. The van der Waals surface area contributed by atoms with Gasteiger partial charge >= 0.3 is 0 Å². The summed E-state index contributed by atoms with van der Waals surface area (Å²) in [6.45, 7) is 4.27. The Labute approximate surface area is 215 Å². The van der Waals surface area contributed by atoms with Crippen LogP contribution in [0.3, 0.4) is 0 Å². The quantitative estimate of drug-likeness (QED) is 0.258. The second kappa shape index (κ2) is 12.9. The highest BCUT2D eigenvalue weighted by Crippen LogP contribution is 2.37. The first kappa shape index (κ1) is 26.1. The third-order valence-electron chi connectivity index (χ3n) is 7.38. The van der Waals surface area contributed by atoms with E-state index in [4.69, 9.17) is 4.74 Å². The Kier molecular flexibility index (Phi) is 9.33. The van der Waals surface area contributed by atoms with Gasteiger partial charge in [-0.05, 0) is 98.1 Å². The van der Waals surface area contributed by atoms with Crippen molar-refractivity contribution in [2.45, 2.75) is 71.1 Å². The number of hydrogen-bond acceptors (Lipinski definition) is 1. The maximum Gasteiger partial charge on any atom is 0.201 e. The molecule has 1 nitrogen and oxygen atoms in total. The molecule has 3 aromatic carbocycles. The van der Waals surface area contributed by atoms with Crippen molar-refractivity contribution < 1.29 is 13.5 Å². The lowest BCUT2D eigenvalue weighted by molar-refractivity contribution is 0.314. The largest absolute Gasteiger partial charge is 0.491 e. The minimum Gasteiger partial charge on any atom is -0.491 e. The van der Waals surface area contributed by atoms with E-state index in [0.717, 1.165) is 19.3 Å². The Morgan fingerprint density at radius 1 is 0.778 bits per heavy atom. The zero-order valence-corrected chi connectivity index (χ0v) is 21.6. The van der Waals surface area contributed by atoms with Gasteiger partial charge < -0.3 is 4.74 Å². The van der Waals surface area contributed by atoms with Gasteiger partial charge in [-0.3, -0.25) is 0 Å². The molecule has 0 unspecified atom stereocenters. The third-order valence-corrected chi connectivity index (χ3v) is 7.38. The third kappa shape index (κ3) is 6.63. The van der Waals surface area contributed by atoms with Gasteiger partial charge in [0.1, 0.15) is 0 Å². The molecule has 0 N–H and O–H groups in total. The number of allylic oxidation sites excluding steroid dienone is 2. The summed E-state index contributed by atoms with van der Waals surface area (Å²) in [5.41, 5.74) is 5.10. The predicted octanol–water partition coefficient (Wildman–Crippen LogP) is 9.45. The lowest BCUT2D eigenvalue weighted by atomic mass is 9.78. The predicted molar refractivity (Wildman–Crippen MR) is 146 cm³/mol. The van der Waals surface area contributed by atoms with Crippen molar-refractivity contribution in [2.24, 2.45) is 5.92 Å².